The molecule has 0 aliphatic heterocycles. The van der Waals surface area contributed by atoms with Crippen molar-refractivity contribution in [3.63, 3.8) is 0 Å². The first kappa shape index (κ1) is 13.1. The van der Waals surface area contributed by atoms with Gasteiger partial charge in [-0.15, -0.1) is 0 Å². The van der Waals surface area contributed by atoms with Crippen LogP contribution in [0.1, 0.15) is 12.5 Å². The van der Waals surface area contributed by atoms with Gasteiger partial charge in [-0.3, -0.25) is 0 Å². The Morgan fingerprint density at radius 2 is 1.55 bits per heavy atom. The van der Waals surface area contributed by atoms with Gasteiger partial charge >= 0.3 is 0 Å². The molecule has 0 saturated heterocycles. The fourth-order valence-corrected chi connectivity index (χ4v) is 0.714. The Kier molecular flexibility index (Phi) is 11.3. The summed E-state index contributed by atoms with van der Waals surface area (Å²) in [4.78, 5) is 0. The summed E-state index contributed by atoms with van der Waals surface area (Å²) in [6, 6.07) is 10.5. The van der Waals surface area contributed by atoms with Crippen LogP contribution in [-0.2, 0) is 6.42 Å². The standard InChI is InChI=1S/C8H10.CH5N.ClH/c1-2-8-6-4-3-5-7-8;1-2;/h3-7H,2H2,1H3;2H2,1H3;1H. The van der Waals surface area contributed by atoms with Crippen molar-refractivity contribution in [3.8, 4) is 0 Å². The molecule has 1 nitrogen and oxygen atoms in total. The quantitative estimate of drug-likeness (QED) is 0.515. The van der Waals surface area contributed by atoms with Crippen LogP contribution in [0.3, 0.4) is 0 Å². The van der Waals surface area contributed by atoms with Gasteiger partial charge in [-0.1, -0.05) is 37.3 Å². The van der Waals surface area contributed by atoms with E-state index in [9.17, 15) is 0 Å². The molecule has 0 aliphatic carbocycles. The summed E-state index contributed by atoms with van der Waals surface area (Å²) < 4.78 is 0. The van der Waals surface area contributed by atoms with Crippen LogP contribution in [0.2, 0.25) is 0 Å². The fourth-order valence-electron chi connectivity index (χ4n) is 0.714. The van der Waals surface area contributed by atoms with E-state index in [2.05, 4.69) is 36.9 Å². The van der Waals surface area contributed by atoms with Gasteiger partial charge in [0.1, 0.15) is 0 Å². The minimum absolute atomic E-state index is 0. The second kappa shape index (κ2) is 9.47. The number of halogens is 1. The van der Waals surface area contributed by atoms with Crippen molar-refractivity contribution in [2.75, 3.05) is 7.05 Å². The highest BCUT2D eigenvalue weighted by Gasteiger charge is 1.79. The van der Waals surface area contributed by atoms with Crippen LogP contribution in [0.25, 0.3) is 0 Å². The van der Waals surface area contributed by atoms with Crippen molar-refractivity contribution in [2.45, 2.75) is 13.3 Å². The largest absolute Gasteiger partial charge is 1.00 e. The summed E-state index contributed by atoms with van der Waals surface area (Å²) >= 11 is 0. The molecule has 11 heavy (non-hydrogen) atoms. The first-order valence-corrected chi connectivity index (χ1v) is 3.68. The zero-order valence-corrected chi connectivity index (χ0v) is 7.93. The van der Waals surface area contributed by atoms with Crippen molar-refractivity contribution in [1.82, 2.24) is 0 Å². The van der Waals surface area contributed by atoms with E-state index in [1.54, 1.807) is 7.05 Å². The van der Waals surface area contributed by atoms with Gasteiger partial charge in [-0.25, -0.2) is 0 Å². The maximum absolute atomic E-state index is 3.25. The van der Waals surface area contributed by atoms with Gasteiger partial charge in [0.2, 0.25) is 0 Å². The normalized spacial score (nSPS) is 7.18. The molecule has 0 bridgehead atoms. The maximum Gasteiger partial charge on any atom is 0.0634 e. The highest BCUT2D eigenvalue weighted by atomic mass is 35.5. The van der Waals surface area contributed by atoms with E-state index in [0.29, 0.717) is 0 Å². The van der Waals surface area contributed by atoms with Gasteiger partial charge in [0.25, 0.3) is 0 Å². The van der Waals surface area contributed by atoms with Crippen LogP contribution in [0.5, 0.6) is 0 Å². The van der Waals surface area contributed by atoms with Gasteiger partial charge in [-0.2, -0.15) is 0 Å². The van der Waals surface area contributed by atoms with Crippen molar-refractivity contribution in [3.05, 3.63) is 35.9 Å². The lowest BCUT2D eigenvalue weighted by Gasteiger charge is -1.89. The summed E-state index contributed by atoms with van der Waals surface area (Å²) in [6.07, 6.45) is 1.14. The summed E-state index contributed by atoms with van der Waals surface area (Å²) in [5.41, 5.74) is 4.66. The number of hydrogen-bond acceptors (Lipinski definition) is 0. The van der Waals surface area contributed by atoms with Gasteiger partial charge in [0.05, 0.1) is 7.05 Å². The number of hydrogen-bond donors (Lipinski definition) is 1. The topological polar surface area (TPSA) is 27.6 Å². The minimum Gasteiger partial charge on any atom is -1.00 e. The molecule has 3 N–H and O–H groups in total. The molecule has 0 amide bonds. The van der Waals surface area contributed by atoms with E-state index in [1.165, 1.54) is 5.56 Å². The average Bonchev–Trinajstić information content (AvgIpc) is 2.10. The predicted molar refractivity (Wildman–Crippen MR) is 44.6 cm³/mol. The average molecular weight is 174 g/mol. The van der Waals surface area contributed by atoms with Gasteiger partial charge in [-0.05, 0) is 12.0 Å². The van der Waals surface area contributed by atoms with Crippen LogP contribution < -0.4 is 18.1 Å². The summed E-state index contributed by atoms with van der Waals surface area (Å²) in [7, 11) is 1.75. The van der Waals surface area contributed by atoms with Gasteiger partial charge in [0, 0.05) is 0 Å². The van der Waals surface area contributed by atoms with E-state index in [4.69, 9.17) is 0 Å². The summed E-state index contributed by atoms with van der Waals surface area (Å²) in [6.45, 7) is 2.16. The molecule has 64 valence electrons. The lowest BCUT2D eigenvalue weighted by atomic mass is 10.2. The number of quaternary nitrogens is 1. The molecule has 0 aliphatic rings. The van der Waals surface area contributed by atoms with E-state index in [0.717, 1.165) is 6.42 Å². The maximum atomic E-state index is 3.25. The molecule has 0 aromatic heterocycles. The summed E-state index contributed by atoms with van der Waals surface area (Å²) in [5, 5.41) is 0. The van der Waals surface area contributed by atoms with Crippen LogP contribution in [-0.4, -0.2) is 7.05 Å². The molecule has 0 heterocycles. The van der Waals surface area contributed by atoms with Gasteiger partial charge in [0.15, 0.2) is 0 Å². The monoisotopic (exact) mass is 173 g/mol. The lowest BCUT2D eigenvalue weighted by molar-refractivity contribution is -0.325. The second-order valence-corrected chi connectivity index (χ2v) is 1.84. The van der Waals surface area contributed by atoms with Crippen molar-refractivity contribution in [1.29, 1.82) is 0 Å². The Morgan fingerprint density at radius 1 is 1.09 bits per heavy atom. The van der Waals surface area contributed by atoms with Crippen molar-refractivity contribution in [2.24, 2.45) is 0 Å². The zero-order valence-electron chi connectivity index (χ0n) is 7.18. The van der Waals surface area contributed by atoms with Crippen molar-refractivity contribution >= 4 is 0 Å². The third kappa shape index (κ3) is 5.89. The minimum atomic E-state index is 0. The smallest absolute Gasteiger partial charge is 0.0634 e. The molecule has 1 aromatic carbocycles. The van der Waals surface area contributed by atoms with Crippen LogP contribution in [0.4, 0.5) is 0 Å². The van der Waals surface area contributed by atoms with E-state index in [1.807, 2.05) is 6.07 Å². The second-order valence-electron chi connectivity index (χ2n) is 1.84. The highest BCUT2D eigenvalue weighted by Crippen LogP contribution is 1.96. The lowest BCUT2D eigenvalue weighted by Crippen LogP contribution is -3.00. The van der Waals surface area contributed by atoms with Crippen molar-refractivity contribution < 1.29 is 18.1 Å². The van der Waals surface area contributed by atoms with E-state index in [-0.39, 0.29) is 12.4 Å². The zero-order chi connectivity index (χ0) is 7.82. The third-order valence-electron chi connectivity index (χ3n) is 1.25. The molecule has 1 aromatic rings. The Labute approximate surface area is 75.0 Å². The molecule has 0 radical (unpaired) electrons. The molecule has 0 unspecified atom stereocenters. The number of benzene rings is 1. The number of aryl methyl sites for hydroxylation is 1. The van der Waals surface area contributed by atoms with E-state index < -0.39 is 0 Å². The third-order valence-corrected chi connectivity index (χ3v) is 1.25. The first-order chi connectivity index (χ1) is 4.93. The van der Waals surface area contributed by atoms with Gasteiger partial charge < -0.3 is 18.1 Å². The molecular weight excluding hydrogens is 158 g/mol. The molecule has 0 saturated carbocycles. The Morgan fingerprint density at radius 3 is 1.82 bits per heavy atom. The van der Waals surface area contributed by atoms with Crippen LogP contribution in [0.15, 0.2) is 30.3 Å². The molecular formula is C9H16ClN. The number of rotatable bonds is 1. The molecule has 0 atom stereocenters. The molecule has 0 spiro atoms. The van der Waals surface area contributed by atoms with Crippen LogP contribution in [0, 0.1) is 0 Å². The Balaban J connectivity index is 0. The predicted octanol–water partition coefficient (Wildman–Crippen LogP) is -1.89. The first-order valence-electron chi connectivity index (χ1n) is 3.68. The SMILES string of the molecule is CCc1ccccc1.C[NH3+].[Cl-]. The molecule has 0 fully saturated rings. The Bertz CT molecular complexity index is 151. The molecule has 2 heteroatoms. The highest BCUT2D eigenvalue weighted by molar-refractivity contribution is 5.13. The summed E-state index contributed by atoms with van der Waals surface area (Å²) in [5.74, 6) is 0. The van der Waals surface area contributed by atoms with E-state index >= 15 is 0 Å². The fraction of sp³-hybridized carbons (Fsp3) is 0.333. The van der Waals surface area contributed by atoms with Crippen LogP contribution >= 0.6 is 0 Å². The Hall–Kier alpha value is -0.530. The molecule has 1 rings (SSSR count).